The minimum atomic E-state index is -0.510. The number of fused-ring (bicyclic) bond motifs is 1. The quantitative estimate of drug-likeness (QED) is 0.641. The molecular formula is C25H35FN6O3. The van der Waals surface area contributed by atoms with Crippen LogP contribution in [-0.4, -0.2) is 94.6 Å². The Morgan fingerprint density at radius 1 is 1.31 bits per heavy atom. The Morgan fingerprint density at radius 3 is 2.91 bits per heavy atom. The van der Waals surface area contributed by atoms with Crippen LogP contribution in [0.15, 0.2) is 17.4 Å². The van der Waals surface area contributed by atoms with Gasteiger partial charge in [0, 0.05) is 43.4 Å². The van der Waals surface area contributed by atoms with E-state index >= 15 is 0 Å². The first kappa shape index (κ1) is 24.1. The first-order chi connectivity index (χ1) is 17.0. The van der Waals surface area contributed by atoms with Crippen molar-refractivity contribution < 1.29 is 19.0 Å². The molecule has 190 valence electrons. The molecule has 0 spiro atoms. The Balaban J connectivity index is 1.38. The zero-order valence-electron chi connectivity index (χ0n) is 20.7. The Kier molecular flexibility index (Phi) is 7.04. The number of pyridine rings is 1. The fraction of sp³-hybridized carbons (Fsp3) is 0.640. The van der Waals surface area contributed by atoms with Gasteiger partial charge in [0.15, 0.2) is 5.82 Å². The first-order valence-corrected chi connectivity index (χ1v) is 12.5. The smallest absolute Gasteiger partial charge is 0.250 e. The molecule has 2 aromatic heterocycles. The number of methoxy groups -OCH3 is 1. The summed E-state index contributed by atoms with van der Waals surface area (Å²) in [7, 11) is 1.41. The molecule has 1 saturated heterocycles. The third kappa shape index (κ3) is 4.66. The van der Waals surface area contributed by atoms with Crippen molar-refractivity contribution in [2.75, 3.05) is 46.6 Å². The van der Waals surface area contributed by atoms with E-state index in [9.17, 15) is 9.50 Å². The molecule has 0 saturated carbocycles. The number of likely N-dealkylation sites (tertiary alicyclic amines) is 1. The number of aromatic nitrogens is 3. The second-order valence-corrected chi connectivity index (χ2v) is 9.85. The van der Waals surface area contributed by atoms with Gasteiger partial charge in [0.05, 0.1) is 62.2 Å². The van der Waals surface area contributed by atoms with Crippen molar-refractivity contribution in [1.82, 2.24) is 24.7 Å². The molecule has 3 aliphatic heterocycles. The molecule has 9 nitrogen and oxygen atoms in total. The summed E-state index contributed by atoms with van der Waals surface area (Å²) < 4.78 is 27.0. The largest absolute Gasteiger partial charge is 0.479 e. The van der Waals surface area contributed by atoms with Gasteiger partial charge in [-0.1, -0.05) is 0 Å². The van der Waals surface area contributed by atoms with E-state index in [4.69, 9.17) is 19.7 Å². The molecule has 0 radical (unpaired) electrons. The van der Waals surface area contributed by atoms with Crippen molar-refractivity contribution in [3.8, 4) is 11.6 Å². The third-order valence-electron chi connectivity index (χ3n) is 7.66. The summed E-state index contributed by atoms with van der Waals surface area (Å²) in [6, 6.07) is 1.79. The standard InChI is InChI=1S/C25H35FN6O3/c1-16(15-33)30-7-4-18(13-30)14-31-17(2)21(12-28-31)24-20-5-8-35-9-6-23(20)32(29-24)19-10-22(26)25(34-3)27-11-19/h10-12,16-18,21,33H,4-9,13-15H2,1-3H3. The highest BCUT2D eigenvalue weighted by atomic mass is 19.1. The van der Waals surface area contributed by atoms with Gasteiger partial charge < -0.3 is 14.6 Å². The van der Waals surface area contributed by atoms with Crippen LogP contribution in [0.3, 0.4) is 0 Å². The van der Waals surface area contributed by atoms with Crippen LogP contribution in [0.5, 0.6) is 5.88 Å². The van der Waals surface area contributed by atoms with E-state index in [1.165, 1.54) is 18.7 Å². The normalized spacial score (nSPS) is 25.6. The van der Waals surface area contributed by atoms with E-state index < -0.39 is 5.82 Å². The lowest BCUT2D eigenvalue weighted by Gasteiger charge is -2.27. The molecule has 0 aromatic carbocycles. The predicted molar refractivity (Wildman–Crippen MR) is 130 cm³/mol. The van der Waals surface area contributed by atoms with Crippen LogP contribution in [0.4, 0.5) is 4.39 Å². The Hall–Kier alpha value is -2.56. The Bertz CT molecular complexity index is 1080. The van der Waals surface area contributed by atoms with Gasteiger partial charge in [0.25, 0.3) is 0 Å². The lowest BCUT2D eigenvalue weighted by molar-refractivity contribution is 0.144. The third-order valence-corrected chi connectivity index (χ3v) is 7.66. The highest BCUT2D eigenvalue weighted by molar-refractivity contribution is 5.71. The van der Waals surface area contributed by atoms with Gasteiger partial charge in [-0.15, -0.1) is 0 Å². The molecule has 10 heteroatoms. The van der Waals surface area contributed by atoms with E-state index in [0.717, 1.165) is 43.9 Å². The molecular weight excluding hydrogens is 451 g/mol. The molecule has 4 atom stereocenters. The number of rotatable bonds is 7. The minimum absolute atomic E-state index is 0.0263. The highest BCUT2D eigenvalue weighted by Crippen LogP contribution is 2.34. The average Bonchev–Trinajstić information content (AvgIpc) is 3.52. The summed E-state index contributed by atoms with van der Waals surface area (Å²) in [5.74, 6) is 0.0390. The SMILES string of the molecule is COc1ncc(-n2nc(C3C=NN(CC4CCN(C(C)CO)C4)C3C)c3c2CCOCC3)cc1F. The van der Waals surface area contributed by atoms with Crippen molar-refractivity contribution in [2.24, 2.45) is 11.0 Å². The minimum Gasteiger partial charge on any atom is -0.479 e. The molecule has 0 bridgehead atoms. The van der Waals surface area contributed by atoms with Gasteiger partial charge in [0.1, 0.15) is 0 Å². The van der Waals surface area contributed by atoms with Crippen LogP contribution in [0.1, 0.15) is 43.1 Å². The highest BCUT2D eigenvalue weighted by Gasteiger charge is 2.36. The molecule has 2 aromatic rings. The van der Waals surface area contributed by atoms with Crippen LogP contribution in [0, 0.1) is 11.7 Å². The van der Waals surface area contributed by atoms with Crippen molar-refractivity contribution in [3.05, 3.63) is 35.0 Å². The van der Waals surface area contributed by atoms with E-state index in [1.807, 2.05) is 10.9 Å². The number of ether oxygens (including phenoxy) is 2. The maximum absolute atomic E-state index is 14.5. The topological polar surface area (TPSA) is 88.2 Å². The monoisotopic (exact) mass is 486 g/mol. The van der Waals surface area contributed by atoms with Crippen molar-refractivity contribution >= 4 is 6.21 Å². The zero-order chi connectivity index (χ0) is 24.5. The molecule has 3 aliphatic rings. The Labute approximate surface area is 205 Å². The molecule has 1 fully saturated rings. The zero-order valence-corrected chi connectivity index (χ0v) is 20.7. The van der Waals surface area contributed by atoms with Crippen LogP contribution >= 0.6 is 0 Å². The summed E-state index contributed by atoms with van der Waals surface area (Å²) in [4.78, 5) is 6.47. The molecule has 4 unspecified atom stereocenters. The van der Waals surface area contributed by atoms with E-state index in [0.29, 0.717) is 31.2 Å². The van der Waals surface area contributed by atoms with Gasteiger partial charge in [-0.25, -0.2) is 14.1 Å². The van der Waals surface area contributed by atoms with Gasteiger partial charge in [-0.05, 0) is 39.2 Å². The number of hydrazone groups is 1. The Morgan fingerprint density at radius 2 is 2.14 bits per heavy atom. The summed E-state index contributed by atoms with van der Waals surface area (Å²) in [6.07, 6.45) is 6.20. The van der Waals surface area contributed by atoms with Crippen LogP contribution in [-0.2, 0) is 17.6 Å². The van der Waals surface area contributed by atoms with Gasteiger partial charge >= 0.3 is 0 Å². The lowest BCUT2D eigenvalue weighted by atomic mass is 9.93. The lowest BCUT2D eigenvalue weighted by Crippen LogP contribution is -2.36. The molecule has 35 heavy (non-hydrogen) atoms. The maximum atomic E-state index is 14.5. The number of aliphatic hydroxyl groups excluding tert-OH is 1. The van der Waals surface area contributed by atoms with Gasteiger partial charge in [-0.2, -0.15) is 10.2 Å². The van der Waals surface area contributed by atoms with Crippen molar-refractivity contribution in [2.45, 2.75) is 51.1 Å². The average molecular weight is 487 g/mol. The number of hydrogen-bond acceptors (Lipinski definition) is 8. The fourth-order valence-electron chi connectivity index (χ4n) is 5.52. The molecule has 0 aliphatic carbocycles. The summed E-state index contributed by atoms with van der Waals surface area (Å²) in [6.45, 7) is 8.62. The second kappa shape index (κ2) is 10.2. The number of aliphatic hydroxyl groups is 1. The second-order valence-electron chi connectivity index (χ2n) is 9.85. The van der Waals surface area contributed by atoms with E-state index in [1.54, 1.807) is 6.20 Å². The number of halogens is 1. The van der Waals surface area contributed by atoms with E-state index in [-0.39, 0.29) is 30.5 Å². The summed E-state index contributed by atoms with van der Waals surface area (Å²) >= 11 is 0. The van der Waals surface area contributed by atoms with E-state index in [2.05, 4.69) is 28.7 Å². The predicted octanol–water partition coefficient (Wildman–Crippen LogP) is 2.01. The summed E-state index contributed by atoms with van der Waals surface area (Å²) in [5.41, 5.74) is 3.79. The van der Waals surface area contributed by atoms with Crippen LogP contribution in [0.2, 0.25) is 0 Å². The molecule has 0 amide bonds. The van der Waals surface area contributed by atoms with Crippen molar-refractivity contribution in [3.63, 3.8) is 0 Å². The molecule has 5 rings (SSSR count). The first-order valence-electron chi connectivity index (χ1n) is 12.5. The fourth-order valence-corrected chi connectivity index (χ4v) is 5.52. The number of hydrogen-bond donors (Lipinski definition) is 1. The van der Waals surface area contributed by atoms with Crippen LogP contribution in [0.25, 0.3) is 5.69 Å². The summed E-state index contributed by atoms with van der Waals surface area (Å²) in [5, 5.41) is 21.5. The van der Waals surface area contributed by atoms with Gasteiger partial charge in [-0.3, -0.25) is 9.91 Å². The van der Waals surface area contributed by atoms with Crippen molar-refractivity contribution in [1.29, 1.82) is 0 Å². The van der Waals surface area contributed by atoms with Crippen LogP contribution < -0.4 is 4.74 Å². The van der Waals surface area contributed by atoms with Gasteiger partial charge in [0.2, 0.25) is 5.88 Å². The number of nitrogens with zero attached hydrogens (tertiary/aromatic N) is 6. The molecule has 5 heterocycles. The molecule has 1 N–H and O–H groups in total. The maximum Gasteiger partial charge on any atom is 0.250 e.